The molecule has 1 amide bonds. The van der Waals surface area contributed by atoms with Crippen molar-refractivity contribution in [3.63, 3.8) is 0 Å². The number of rotatable bonds is 6. The quantitative estimate of drug-likeness (QED) is 0.344. The minimum absolute atomic E-state index is 0.140. The molecular formula is C30H33FN4O4S. The molecule has 2 aliphatic heterocycles. The van der Waals surface area contributed by atoms with E-state index in [4.69, 9.17) is 0 Å². The van der Waals surface area contributed by atoms with Crippen LogP contribution in [0.2, 0.25) is 0 Å². The van der Waals surface area contributed by atoms with Crippen molar-refractivity contribution in [3.8, 4) is 11.1 Å². The molecule has 3 atom stereocenters. The monoisotopic (exact) mass is 564 g/mol. The second-order valence-corrected chi connectivity index (χ2v) is 12.7. The summed E-state index contributed by atoms with van der Waals surface area (Å²) in [7, 11) is -3.91. The molecule has 2 N–H and O–H groups in total. The van der Waals surface area contributed by atoms with Crippen molar-refractivity contribution in [2.75, 3.05) is 36.0 Å². The highest BCUT2D eigenvalue weighted by molar-refractivity contribution is 7.89. The lowest BCUT2D eigenvalue weighted by molar-refractivity contribution is -0.132. The number of hydroxylamine groups is 1. The fraction of sp³-hybridized carbons (Fsp3) is 0.367. The number of piperazine rings is 1. The molecule has 3 fully saturated rings. The molecule has 0 radical (unpaired) electrons. The minimum atomic E-state index is -3.91. The van der Waals surface area contributed by atoms with E-state index in [0.717, 1.165) is 67.9 Å². The molecule has 210 valence electrons. The Morgan fingerprint density at radius 2 is 1.32 bits per heavy atom. The average Bonchev–Trinajstić information content (AvgIpc) is 3.59. The zero-order valence-electron chi connectivity index (χ0n) is 22.1. The maximum absolute atomic E-state index is 13.6. The fourth-order valence-electron chi connectivity index (χ4n) is 6.57. The van der Waals surface area contributed by atoms with Gasteiger partial charge >= 0.3 is 0 Å². The molecule has 1 saturated carbocycles. The molecule has 0 spiro atoms. The van der Waals surface area contributed by atoms with Crippen LogP contribution in [0, 0.1) is 11.7 Å². The lowest BCUT2D eigenvalue weighted by atomic mass is 10.0. The summed E-state index contributed by atoms with van der Waals surface area (Å²) < 4.78 is 41.9. The van der Waals surface area contributed by atoms with E-state index in [1.54, 1.807) is 29.7 Å². The highest BCUT2D eigenvalue weighted by Gasteiger charge is 2.52. The Bertz CT molecular complexity index is 1460. The standard InChI is InChI=1S/C30H33FN4O4S/c31-24-8-12-26(13-9-24)34-18-16-33(17-19-34)25-10-4-21(5-11-25)22-6-14-27(15-7-22)40(38,39)35-28-3-1-2-23(28)20-29(35)30(36)32-37/h4-15,23,28-29,37H,1-3,16-20H2,(H,32,36)/t23?,28?,29-/m1/s1. The van der Waals surface area contributed by atoms with Gasteiger partial charge in [0.1, 0.15) is 11.9 Å². The third kappa shape index (κ3) is 4.95. The van der Waals surface area contributed by atoms with Crippen LogP contribution in [-0.4, -0.2) is 62.1 Å². The van der Waals surface area contributed by atoms with Gasteiger partial charge in [0.05, 0.1) is 4.90 Å². The number of carbonyl (C=O) groups is 1. The number of fused-ring (bicyclic) bond motifs is 1. The van der Waals surface area contributed by atoms with Crippen LogP contribution >= 0.6 is 0 Å². The number of amides is 1. The maximum atomic E-state index is 13.6. The average molecular weight is 565 g/mol. The lowest BCUT2D eigenvalue weighted by Gasteiger charge is -2.37. The van der Waals surface area contributed by atoms with Gasteiger partial charge in [-0.15, -0.1) is 0 Å². The van der Waals surface area contributed by atoms with Crippen LogP contribution in [0.1, 0.15) is 25.7 Å². The number of anilines is 2. The summed E-state index contributed by atoms with van der Waals surface area (Å²) in [5.41, 5.74) is 5.68. The van der Waals surface area contributed by atoms with Gasteiger partial charge in [0.15, 0.2) is 0 Å². The number of sulfonamides is 1. The van der Waals surface area contributed by atoms with Crippen LogP contribution < -0.4 is 15.3 Å². The van der Waals surface area contributed by atoms with Gasteiger partial charge in [-0.3, -0.25) is 10.0 Å². The molecule has 40 heavy (non-hydrogen) atoms. The van der Waals surface area contributed by atoms with Gasteiger partial charge in [0.2, 0.25) is 10.0 Å². The van der Waals surface area contributed by atoms with Crippen LogP contribution in [0.4, 0.5) is 15.8 Å². The van der Waals surface area contributed by atoms with E-state index in [9.17, 15) is 22.8 Å². The highest BCUT2D eigenvalue weighted by Crippen LogP contribution is 2.44. The molecule has 2 saturated heterocycles. The van der Waals surface area contributed by atoms with Crippen molar-refractivity contribution < 1.29 is 22.8 Å². The molecule has 3 aromatic rings. The number of benzene rings is 3. The van der Waals surface area contributed by atoms with Crippen LogP contribution in [0.3, 0.4) is 0 Å². The number of nitrogens with one attached hydrogen (secondary N) is 1. The zero-order valence-corrected chi connectivity index (χ0v) is 22.9. The second kappa shape index (κ2) is 10.8. The number of carbonyl (C=O) groups excluding carboxylic acids is 1. The summed E-state index contributed by atoms with van der Waals surface area (Å²) in [5, 5.41) is 9.21. The van der Waals surface area contributed by atoms with Crippen molar-refractivity contribution in [2.24, 2.45) is 5.92 Å². The van der Waals surface area contributed by atoms with Crippen LogP contribution in [0.15, 0.2) is 77.7 Å². The van der Waals surface area contributed by atoms with Gasteiger partial charge in [-0.1, -0.05) is 30.7 Å². The number of nitrogens with zero attached hydrogens (tertiary/aromatic N) is 3. The molecule has 3 aromatic carbocycles. The van der Waals surface area contributed by atoms with E-state index in [1.165, 1.54) is 16.4 Å². The first kappa shape index (κ1) is 26.7. The van der Waals surface area contributed by atoms with Crippen LogP contribution in [0.25, 0.3) is 11.1 Å². The van der Waals surface area contributed by atoms with Crippen molar-refractivity contribution >= 4 is 27.3 Å². The first-order valence-corrected chi connectivity index (χ1v) is 15.2. The predicted octanol–water partition coefficient (Wildman–Crippen LogP) is 4.26. The SMILES string of the molecule is O=C(NO)[C@H]1CC2CCCC2N1S(=O)(=O)c1ccc(-c2ccc(N3CCN(c4ccc(F)cc4)CC3)cc2)cc1. The molecule has 8 nitrogen and oxygen atoms in total. The van der Waals surface area contributed by atoms with Crippen molar-refractivity contribution in [2.45, 2.75) is 42.7 Å². The molecule has 0 aromatic heterocycles. The minimum Gasteiger partial charge on any atom is -0.368 e. The van der Waals surface area contributed by atoms with Crippen molar-refractivity contribution in [3.05, 3.63) is 78.6 Å². The molecular weight excluding hydrogens is 531 g/mol. The summed E-state index contributed by atoms with van der Waals surface area (Å²) in [6, 6.07) is 20.5. The molecule has 3 aliphatic rings. The van der Waals surface area contributed by atoms with E-state index in [2.05, 4.69) is 21.9 Å². The van der Waals surface area contributed by atoms with Gasteiger partial charge in [-0.2, -0.15) is 4.31 Å². The Balaban J connectivity index is 1.14. The predicted molar refractivity (Wildman–Crippen MR) is 151 cm³/mol. The molecule has 1 aliphatic carbocycles. The topological polar surface area (TPSA) is 93.2 Å². The van der Waals surface area contributed by atoms with Gasteiger partial charge in [-0.05, 0) is 84.8 Å². The Hall–Kier alpha value is -3.47. The van der Waals surface area contributed by atoms with E-state index in [0.29, 0.717) is 6.42 Å². The van der Waals surface area contributed by atoms with E-state index < -0.39 is 22.0 Å². The summed E-state index contributed by atoms with van der Waals surface area (Å²) in [6.45, 7) is 3.42. The summed E-state index contributed by atoms with van der Waals surface area (Å²) in [4.78, 5) is 17.1. The zero-order chi connectivity index (χ0) is 27.9. The summed E-state index contributed by atoms with van der Waals surface area (Å²) in [5.74, 6) is -0.763. The first-order chi connectivity index (χ1) is 19.3. The highest BCUT2D eigenvalue weighted by atomic mass is 32.2. The Labute approximate surface area is 234 Å². The smallest absolute Gasteiger partial charge is 0.261 e. The van der Waals surface area contributed by atoms with Gasteiger partial charge in [0.25, 0.3) is 5.91 Å². The van der Waals surface area contributed by atoms with Crippen molar-refractivity contribution in [1.82, 2.24) is 9.79 Å². The van der Waals surface area contributed by atoms with Crippen LogP contribution in [0.5, 0.6) is 0 Å². The number of hydrogen-bond donors (Lipinski definition) is 2. The third-order valence-corrected chi connectivity index (χ3v) is 10.6. The van der Waals surface area contributed by atoms with Gasteiger partial charge in [0, 0.05) is 43.6 Å². The maximum Gasteiger partial charge on any atom is 0.261 e. The molecule has 10 heteroatoms. The number of hydrogen-bond acceptors (Lipinski definition) is 6. The molecule has 6 rings (SSSR count). The Kier molecular flexibility index (Phi) is 7.24. The van der Waals surface area contributed by atoms with E-state index in [-0.39, 0.29) is 22.7 Å². The third-order valence-electron chi connectivity index (χ3n) is 8.66. The molecule has 2 heterocycles. The second-order valence-electron chi connectivity index (χ2n) is 10.8. The molecule has 0 bridgehead atoms. The Morgan fingerprint density at radius 3 is 1.88 bits per heavy atom. The largest absolute Gasteiger partial charge is 0.368 e. The lowest BCUT2D eigenvalue weighted by Crippen LogP contribution is -2.48. The summed E-state index contributed by atoms with van der Waals surface area (Å²) >= 11 is 0. The van der Waals surface area contributed by atoms with E-state index in [1.807, 2.05) is 24.3 Å². The van der Waals surface area contributed by atoms with Crippen LogP contribution in [-0.2, 0) is 14.8 Å². The molecule has 2 unspecified atom stereocenters. The van der Waals surface area contributed by atoms with E-state index >= 15 is 0 Å². The van der Waals surface area contributed by atoms with Gasteiger partial charge < -0.3 is 9.80 Å². The fourth-order valence-corrected chi connectivity index (χ4v) is 8.45. The van der Waals surface area contributed by atoms with Crippen molar-refractivity contribution in [1.29, 1.82) is 0 Å². The normalized spacial score (nSPS) is 23.3. The van der Waals surface area contributed by atoms with Gasteiger partial charge in [-0.25, -0.2) is 18.3 Å². The first-order valence-electron chi connectivity index (χ1n) is 13.8. The number of halogens is 1. The Morgan fingerprint density at radius 1 is 0.800 bits per heavy atom. The summed E-state index contributed by atoms with van der Waals surface area (Å²) in [6.07, 6.45) is 2.99.